The maximum absolute atomic E-state index is 14.0. The number of fused-ring (bicyclic) bond motifs is 1. The molecule has 0 radical (unpaired) electrons. The lowest BCUT2D eigenvalue weighted by atomic mass is 10.2. The molecule has 0 bridgehead atoms. The Bertz CT molecular complexity index is 1260. The first-order valence-corrected chi connectivity index (χ1v) is 13.8. The highest BCUT2D eigenvalue weighted by atomic mass is 32.2. The lowest BCUT2D eigenvalue weighted by Crippen LogP contribution is -2.27. The number of rotatable bonds is 7. The fourth-order valence-electron chi connectivity index (χ4n) is 4.48. The van der Waals surface area contributed by atoms with Crippen LogP contribution in [0, 0.1) is 12.7 Å². The van der Waals surface area contributed by atoms with E-state index >= 15 is 0 Å². The second-order valence-corrected chi connectivity index (χ2v) is 11.7. The number of nitrogens with zero attached hydrogens (tertiary/aromatic N) is 3. The van der Waals surface area contributed by atoms with Crippen LogP contribution in [0.15, 0.2) is 46.5 Å². The largest absolute Gasteiger partial charge is 0.376 e. The first-order valence-electron chi connectivity index (χ1n) is 11.4. The van der Waals surface area contributed by atoms with E-state index in [0.29, 0.717) is 36.5 Å². The van der Waals surface area contributed by atoms with Crippen LogP contribution in [0.4, 0.5) is 4.39 Å². The smallest absolute Gasteiger partial charge is 0.243 e. The minimum Gasteiger partial charge on any atom is -0.376 e. The molecular formula is C24H28FN3O3S2. The maximum atomic E-state index is 14.0. The Kier molecular flexibility index (Phi) is 6.48. The topological polar surface area (TPSA) is 64.4 Å². The molecule has 6 nitrogen and oxygen atoms in total. The predicted molar refractivity (Wildman–Crippen MR) is 127 cm³/mol. The Morgan fingerprint density at radius 2 is 1.97 bits per heavy atom. The molecule has 9 heteroatoms. The average Bonchev–Trinajstić information content (AvgIpc) is 3.57. The number of thioether (sulfide) groups is 1. The minimum atomic E-state index is -3.51. The highest BCUT2D eigenvalue weighted by molar-refractivity contribution is 7.98. The third kappa shape index (κ3) is 4.69. The Hall–Kier alpha value is -1.94. The molecule has 2 aliphatic heterocycles. The molecule has 2 fully saturated rings. The Morgan fingerprint density at radius 3 is 2.70 bits per heavy atom. The van der Waals surface area contributed by atoms with E-state index in [9.17, 15) is 12.8 Å². The maximum Gasteiger partial charge on any atom is 0.243 e. The Labute approximate surface area is 198 Å². The van der Waals surface area contributed by atoms with Gasteiger partial charge in [0.1, 0.15) is 5.82 Å². The molecule has 2 aliphatic rings. The van der Waals surface area contributed by atoms with Crippen molar-refractivity contribution in [1.82, 2.24) is 13.9 Å². The average molecular weight is 490 g/mol. The van der Waals surface area contributed by atoms with Crippen LogP contribution in [-0.4, -0.2) is 48.1 Å². The van der Waals surface area contributed by atoms with E-state index in [1.807, 2.05) is 12.1 Å². The van der Waals surface area contributed by atoms with Gasteiger partial charge < -0.3 is 9.30 Å². The first-order chi connectivity index (χ1) is 15.9. The Balaban J connectivity index is 1.48. The van der Waals surface area contributed by atoms with Gasteiger partial charge in [0.25, 0.3) is 0 Å². The predicted octanol–water partition coefficient (Wildman–Crippen LogP) is 4.74. The van der Waals surface area contributed by atoms with E-state index in [0.717, 1.165) is 48.5 Å². The van der Waals surface area contributed by atoms with E-state index < -0.39 is 10.0 Å². The van der Waals surface area contributed by atoms with Crippen molar-refractivity contribution in [3.63, 3.8) is 0 Å². The van der Waals surface area contributed by atoms with Crippen LogP contribution in [0.3, 0.4) is 0 Å². The van der Waals surface area contributed by atoms with Crippen LogP contribution in [0.2, 0.25) is 0 Å². The van der Waals surface area contributed by atoms with Gasteiger partial charge in [-0.1, -0.05) is 23.9 Å². The third-order valence-electron chi connectivity index (χ3n) is 6.40. The molecule has 3 heterocycles. The van der Waals surface area contributed by atoms with Gasteiger partial charge in [-0.25, -0.2) is 17.8 Å². The van der Waals surface area contributed by atoms with E-state index in [4.69, 9.17) is 9.72 Å². The molecule has 0 saturated carbocycles. The zero-order valence-corrected chi connectivity index (χ0v) is 20.3. The van der Waals surface area contributed by atoms with Crippen LogP contribution in [0.5, 0.6) is 0 Å². The SMILES string of the molecule is Cc1ccc(CSc2nc3cc(S(=O)(=O)N4CCCC4)ccc3n2C[C@@H]2CCCO2)cc1F. The molecule has 3 aromatic rings. The normalized spacial score (nSPS) is 19.6. The molecule has 0 N–H and O–H groups in total. The number of aromatic nitrogens is 2. The summed E-state index contributed by atoms with van der Waals surface area (Å²) >= 11 is 1.53. The van der Waals surface area contributed by atoms with Gasteiger partial charge in [0.05, 0.1) is 28.6 Å². The van der Waals surface area contributed by atoms with Gasteiger partial charge in [0.2, 0.25) is 10.0 Å². The summed E-state index contributed by atoms with van der Waals surface area (Å²) in [5.41, 5.74) is 3.06. The van der Waals surface area contributed by atoms with Gasteiger partial charge in [-0.2, -0.15) is 4.31 Å². The number of halogens is 1. The van der Waals surface area contributed by atoms with Crippen LogP contribution in [-0.2, 0) is 27.1 Å². The molecule has 5 rings (SSSR count). The fraction of sp³-hybridized carbons (Fsp3) is 0.458. The van der Waals surface area contributed by atoms with Crippen LogP contribution in [0.25, 0.3) is 11.0 Å². The van der Waals surface area contributed by atoms with Crippen molar-refractivity contribution in [2.75, 3.05) is 19.7 Å². The summed E-state index contributed by atoms with van der Waals surface area (Å²) in [5.74, 6) is 0.364. The van der Waals surface area contributed by atoms with E-state index in [1.165, 1.54) is 11.8 Å². The van der Waals surface area contributed by atoms with Crippen molar-refractivity contribution in [1.29, 1.82) is 0 Å². The summed E-state index contributed by atoms with van der Waals surface area (Å²) in [4.78, 5) is 5.09. The highest BCUT2D eigenvalue weighted by Crippen LogP contribution is 2.31. The number of aryl methyl sites for hydroxylation is 1. The molecule has 176 valence electrons. The summed E-state index contributed by atoms with van der Waals surface area (Å²) in [5, 5.41) is 0.789. The summed E-state index contributed by atoms with van der Waals surface area (Å²) in [6.45, 7) is 4.32. The van der Waals surface area contributed by atoms with Crippen molar-refractivity contribution < 1.29 is 17.5 Å². The van der Waals surface area contributed by atoms with Crippen molar-refractivity contribution in [2.45, 2.75) is 61.1 Å². The third-order valence-corrected chi connectivity index (χ3v) is 9.34. The van der Waals surface area contributed by atoms with Crippen molar-refractivity contribution >= 4 is 32.8 Å². The van der Waals surface area contributed by atoms with Crippen molar-refractivity contribution in [2.24, 2.45) is 0 Å². The zero-order chi connectivity index (χ0) is 23.0. The monoisotopic (exact) mass is 489 g/mol. The fourth-order valence-corrected chi connectivity index (χ4v) is 6.98. The molecule has 0 spiro atoms. The summed E-state index contributed by atoms with van der Waals surface area (Å²) in [6.07, 6.45) is 3.96. The second kappa shape index (κ2) is 9.37. The lowest BCUT2D eigenvalue weighted by Gasteiger charge is -2.16. The summed E-state index contributed by atoms with van der Waals surface area (Å²) < 4.78 is 49.6. The second-order valence-electron chi connectivity index (χ2n) is 8.77. The van der Waals surface area contributed by atoms with Gasteiger partial charge in [-0.05, 0) is 68.0 Å². The van der Waals surface area contributed by atoms with Crippen LogP contribution >= 0.6 is 11.8 Å². The van der Waals surface area contributed by atoms with Gasteiger partial charge in [0, 0.05) is 25.4 Å². The van der Waals surface area contributed by atoms with E-state index in [1.54, 1.807) is 35.5 Å². The first kappa shape index (κ1) is 22.8. The molecular weight excluding hydrogens is 461 g/mol. The van der Waals surface area contributed by atoms with Gasteiger partial charge in [-0.3, -0.25) is 0 Å². The standard InChI is InChI=1S/C24H28FN3O3S2/c1-17-6-7-18(13-21(17)25)16-32-24-26-22-14-20(33(29,30)27-10-2-3-11-27)8-9-23(22)28(24)15-19-5-4-12-31-19/h6-9,13-14,19H,2-5,10-12,15-16H2,1H3/t19-/m0/s1. The minimum absolute atomic E-state index is 0.117. The molecule has 0 unspecified atom stereocenters. The molecule has 0 amide bonds. The molecule has 2 saturated heterocycles. The van der Waals surface area contributed by atoms with E-state index in [-0.39, 0.29) is 16.8 Å². The quantitative estimate of drug-likeness (QED) is 0.449. The Morgan fingerprint density at radius 1 is 1.15 bits per heavy atom. The number of sulfonamides is 1. The van der Waals surface area contributed by atoms with Crippen LogP contribution in [0.1, 0.15) is 36.8 Å². The molecule has 1 aromatic heterocycles. The molecule has 0 aliphatic carbocycles. The molecule has 1 atom stereocenters. The van der Waals surface area contributed by atoms with Gasteiger partial charge in [0.15, 0.2) is 5.16 Å². The summed E-state index contributed by atoms with van der Waals surface area (Å²) in [7, 11) is -3.51. The molecule has 33 heavy (non-hydrogen) atoms. The van der Waals surface area contributed by atoms with Gasteiger partial charge >= 0.3 is 0 Å². The van der Waals surface area contributed by atoms with Gasteiger partial charge in [-0.15, -0.1) is 0 Å². The number of benzene rings is 2. The number of imidazole rings is 1. The number of hydrogen-bond acceptors (Lipinski definition) is 5. The zero-order valence-electron chi connectivity index (χ0n) is 18.7. The summed E-state index contributed by atoms with van der Waals surface area (Å²) in [6, 6.07) is 10.5. The van der Waals surface area contributed by atoms with Crippen LogP contribution < -0.4 is 0 Å². The lowest BCUT2D eigenvalue weighted by molar-refractivity contribution is 0.0960. The number of ether oxygens (including phenoxy) is 1. The molecule has 2 aromatic carbocycles. The van der Waals surface area contributed by atoms with Crippen molar-refractivity contribution in [3.8, 4) is 0 Å². The highest BCUT2D eigenvalue weighted by Gasteiger charge is 2.28. The number of hydrogen-bond donors (Lipinski definition) is 0. The van der Waals surface area contributed by atoms with Crippen molar-refractivity contribution in [3.05, 3.63) is 53.3 Å². The van der Waals surface area contributed by atoms with E-state index in [2.05, 4.69) is 4.57 Å².